The summed E-state index contributed by atoms with van der Waals surface area (Å²) in [5.74, 6) is 0. The minimum atomic E-state index is 0.264. The number of thioether (sulfide) groups is 1. The van der Waals surface area contributed by atoms with Crippen molar-refractivity contribution in [1.82, 2.24) is 0 Å². The van der Waals surface area contributed by atoms with E-state index in [1.54, 1.807) is 0 Å². The van der Waals surface area contributed by atoms with Crippen LogP contribution < -0.4 is 5.73 Å². The van der Waals surface area contributed by atoms with Crippen molar-refractivity contribution >= 4 is 27.7 Å². The van der Waals surface area contributed by atoms with Gasteiger partial charge in [0.2, 0.25) is 0 Å². The molecule has 0 saturated heterocycles. The van der Waals surface area contributed by atoms with Crippen LogP contribution in [0.3, 0.4) is 0 Å². The minimum Gasteiger partial charge on any atom is -0.329 e. The van der Waals surface area contributed by atoms with Crippen LogP contribution in [0.2, 0.25) is 0 Å². The maximum Gasteiger partial charge on any atom is 0.0329 e. The van der Waals surface area contributed by atoms with Gasteiger partial charge in [0.25, 0.3) is 0 Å². The number of benzene rings is 1. The van der Waals surface area contributed by atoms with Gasteiger partial charge in [0.05, 0.1) is 0 Å². The molecule has 0 radical (unpaired) electrons. The molecule has 2 rings (SSSR count). The molecule has 0 atom stereocenters. The van der Waals surface area contributed by atoms with E-state index in [1.807, 2.05) is 11.8 Å². The lowest BCUT2D eigenvalue weighted by Gasteiger charge is -2.31. The van der Waals surface area contributed by atoms with Gasteiger partial charge in [0.15, 0.2) is 0 Å². The molecule has 0 spiro atoms. The predicted molar refractivity (Wildman–Crippen MR) is 79.5 cm³/mol. The maximum atomic E-state index is 6.07. The second kappa shape index (κ2) is 6.26. The average molecular weight is 314 g/mol. The average Bonchev–Trinajstić information content (AvgIpc) is 2.58. The molecule has 94 valence electrons. The Morgan fingerprint density at radius 3 is 2.35 bits per heavy atom. The van der Waals surface area contributed by atoms with Gasteiger partial charge in [0.1, 0.15) is 0 Å². The predicted octanol–water partition coefficient (Wildman–Crippen LogP) is 4.59. The zero-order valence-electron chi connectivity index (χ0n) is 10.1. The standard InChI is InChI=1S/C14H20BrNS/c15-12-7-3-4-8-13(12)17-14(11-16)9-5-1-2-6-10-14/h3-4,7-8H,1-2,5-6,9-11,16H2. The van der Waals surface area contributed by atoms with Crippen LogP contribution >= 0.6 is 27.7 Å². The highest BCUT2D eigenvalue weighted by atomic mass is 79.9. The molecule has 1 fully saturated rings. The van der Waals surface area contributed by atoms with Gasteiger partial charge in [-0.3, -0.25) is 0 Å². The van der Waals surface area contributed by atoms with Crippen LogP contribution in [0, 0.1) is 0 Å². The third kappa shape index (κ3) is 3.49. The van der Waals surface area contributed by atoms with Gasteiger partial charge in [-0.2, -0.15) is 0 Å². The number of halogens is 1. The van der Waals surface area contributed by atoms with Crippen LogP contribution in [-0.2, 0) is 0 Å². The monoisotopic (exact) mass is 313 g/mol. The van der Waals surface area contributed by atoms with Gasteiger partial charge < -0.3 is 5.73 Å². The molecule has 1 aliphatic carbocycles. The Kier molecular flexibility index (Phi) is 4.95. The first-order valence-electron chi connectivity index (χ1n) is 6.39. The topological polar surface area (TPSA) is 26.0 Å². The first-order chi connectivity index (χ1) is 8.26. The molecule has 0 unspecified atom stereocenters. The zero-order valence-corrected chi connectivity index (χ0v) is 12.5. The molecule has 0 amide bonds. The number of nitrogens with two attached hydrogens (primary N) is 1. The van der Waals surface area contributed by atoms with Crippen molar-refractivity contribution in [3.63, 3.8) is 0 Å². The lowest BCUT2D eigenvalue weighted by molar-refractivity contribution is 0.521. The van der Waals surface area contributed by atoms with E-state index in [0.717, 1.165) is 6.54 Å². The van der Waals surface area contributed by atoms with E-state index in [0.29, 0.717) is 0 Å². The molecule has 1 nitrogen and oxygen atoms in total. The van der Waals surface area contributed by atoms with Crippen LogP contribution in [0.25, 0.3) is 0 Å². The van der Waals surface area contributed by atoms with E-state index in [-0.39, 0.29) is 4.75 Å². The fourth-order valence-corrected chi connectivity index (χ4v) is 4.36. The second-order valence-corrected chi connectivity index (χ2v) is 7.20. The summed E-state index contributed by atoms with van der Waals surface area (Å²) in [7, 11) is 0. The lowest BCUT2D eigenvalue weighted by Crippen LogP contribution is -2.33. The van der Waals surface area contributed by atoms with Gasteiger partial charge in [-0.05, 0) is 40.9 Å². The summed E-state index contributed by atoms with van der Waals surface area (Å²) in [6.45, 7) is 0.791. The van der Waals surface area contributed by atoms with E-state index in [1.165, 1.54) is 47.9 Å². The summed E-state index contributed by atoms with van der Waals surface area (Å²) in [5, 5.41) is 0. The molecule has 1 aliphatic rings. The van der Waals surface area contributed by atoms with Crippen LogP contribution in [0.4, 0.5) is 0 Å². The Labute approximate surface area is 117 Å². The molecule has 1 saturated carbocycles. The van der Waals surface area contributed by atoms with Crippen LogP contribution in [0.1, 0.15) is 38.5 Å². The largest absolute Gasteiger partial charge is 0.329 e. The van der Waals surface area contributed by atoms with Crippen molar-refractivity contribution in [1.29, 1.82) is 0 Å². The van der Waals surface area contributed by atoms with Gasteiger partial charge in [-0.25, -0.2) is 0 Å². The molecule has 1 aromatic rings. The summed E-state index contributed by atoms with van der Waals surface area (Å²) >= 11 is 5.61. The summed E-state index contributed by atoms with van der Waals surface area (Å²) < 4.78 is 1.46. The van der Waals surface area contributed by atoms with Crippen LogP contribution in [0.5, 0.6) is 0 Å². The number of hydrogen-bond donors (Lipinski definition) is 1. The van der Waals surface area contributed by atoms with E-state index < -0.39 is 0 Å². The number of rotatable bonds is 3. The molecule has 0 bridgehead atoms. The van der Waals surface area contributed by atoms with Crippen molar-refractivity contribution in [2.45, 2.75) is 48.2 Å². The summed E-state index contributed by atoms with van der Waals surface area (Å²) in [4.78, 5) is 1.33. The normalized spacial score (nSPS) is 19.9. The molecular weight excluding hydrogens is 294 g/mol. The molecule has 1 aromatic carbocycles. The highest BCUT2D eigenvalue weighted by Crippen LogP contribution is 2.44. The van der Waals surface area contributed by atoms with Gasteiger partial charge >= 0.3 is 0 Å². The maximum absolute atomic E-state index is 6.07. The first kappa shape index (κ1) is 13.4. The van der Waals surface area contributed by atoms with Crippen molar-refractivity contribution in [2.75, 3.05) is 6.54 Å². The molecule has 0 aliphatic heterocycles. The summed E-state index contributed by atoms with van der Waals surface area (Å²) in [6.07, 6.45) is 7.92. The molecule has 0 aromatic heterocycles. The van der Waals surface area contributed by atoms with E-state index in [4.69, 9.17) is 5.73 Å². The van der Waals surface area contributed by atoms with E-state index in [2.05, 4.69) is 40.2 Å². The fraction of sp³-hybridized carbons (Fsp3) is 0.571. The quantitative estimate of drug-likeness (QED) is 0.826. The van der Waals surface area contributed by atoms with Crippen LogP contribution in [-0.4, -0.2) is 11.3 Å². The lowest BCUT2D eigenvalue weighted by atomic mass is 9.99. The molecule has 0 heterocycles. The smallest absolute Gasteiger partial charge is 0.0329 e. The van der Waals surface area contributed by atoms with Crippen molar-refractivity contribution < 1.29 is 0 Å². The Hall–Kier alpha value is 0.01000. The summed E-state index contributed by atoms with van der Waals surface area (Å²) in [6, 6.07) is 8.48. The minimum absolute atomic E-state index is 0.264. The van der Waals surface area contributed by atoms with Gasteiger partial charge in [-0.15, -0.1) is 11.8 Å². The first-order valence-corrected chi connectivity index (χ1v) is 8.00. The Balaban J connectivity index is 2.15. The van der Waals surface area contributed by atoms with Crippen molar-refractivity contribution in [3.05, 3.63) is 28.7 Å². The zero-order chi connectivity index (χ0) is 12.1. The SMILES string of the molecule is NCC1(Sc2ccccc2Br)CCCCCC1. The van der Waals surface area contributed by atoms with E-state index >= 15 is 0 Å². The molecular formula is C14H20BrNS. The van der Waals surface area contributed by atoms with E-state index in [9.17, 15) is 0 Å². The Bertz CT molecular complexity index is 359. The summed E-state index contributed by atoms with van der Waals surface area (Å²) in [5.41, 5.74) is 6.07. The fourth-order valence-electron chi connectivity index (χ4n) is 2.48. The highest BCUT2D eigenvalue weighted by molar-refractivity contribution is 9.10. The Morgan fingerprint density at radius 1 is 1.12 bits per heavy atom. The Morgan fingerprint density at radius 2 is 1.76 bits per heavy atom. The van der Waals surface area contributed by atoms with Crippen LogP contribution in [0.15, 0.2) is 33.6 Å². The molecule has 17 heavy (non-hydrogen) atoms. The van der Waals surface area contributed by atoms with Gasteiger partial charge in [-0.1, -0.05) is 37.8 Å². The molecule has 3 heteroatoms. The third-order valence-corrected chi connectivity index (χ3v) is 6.09. The van der Waals surface area contributed by atoms with Crippen molar-refractivity contribution in [2.24, 2.45) is 5.73 Å². The third-order valence-electron chi connectivity index (χ3n) is 3.55. The highest BCUT2D eigenvalue weighted by Gasteiger charge is 2.31. The van der Waals surface area contributed by atoms with Crippen molar-refractivity contribution in [3.8, 4) is 0 Å². The second-order valence-electron chi connectivity index (χ2n) is 4.83. The number of hydrogen-bond acceptors (Lipinski definition) is 2. The van der Waals surface area contributed by atoms with Gasteiger partial charge in [0, 0.05) is 20.7 Å². The molecule has 2 N–H and O–H groups in total.